The normalized spacial score (nSPS) is 10.8. The number of amides is 1. The largest absolute Gasteiger partial charge is 0.322 e. The SMILES string of the molecule is CCC(C#N)(CC)C(=O)Nc1cc(F)ccc1F. The summed E-state index contributed by atoms with van der Waals surface area (Å²) in [7, 11) is 0. The summed E-state index contributed by atoms with van der Waals surface area (Å²) in [5.74, 6) is -1.99. The smallest absolute Gasteiger partial charge is 0.244 e. The first-order valence-corrected chi connectivity index (χ1v) is 5.67. The van der Waals surface area contributed by atoms with Crippen molar-refractivity contribution in [2.45, 2.75) is 26.7 Å². The fraction of sp³-hybridized carbons (Fsp3) is 0.385. The second-order valence-electron chi connectivity index (χ2n) is 3.98. The fourth-order valence-electron chi connectivity index (χ4n) is 1.62. The van der Waals surface area contributed by atoms with Gasteiger partial charge in [-0.25, -0.2) is 8.78 Å². The molecular weight excluding hydrogens is 238 g/mol. The molecule has 5 heteroatoms. The summed E-state index contributed by atoms with van der Waals surface area (Å²) in [6.45, 7) is 3.41. The molecule has 1 rings (SSSR count). The number of carbonyl (C=O) groups excluding carboxylic acids is 1. The van der Waals surface area contributed by atoms with E-state index in [0.29, 0.717) is 12.8 Å². The van der Waals surface area contributed by atoms with Crippen molar-refractivity contribution in [3.05, 3.63) is 29.8 Å². The summed E-state index contributed by atoms with van der Waals surface area (Å²) in [4.78, 5) is 12.0. The summed E-state index contributed by atoms with van der Waals surface area (Å²) in [5.41, 5.74) is -1.46. The Hall–Kier alpha value is -1.96. The van der Waals surface area contributed by atoms with Crippen LogP contribution in [-0.2, 0) is 4.79 Å². The van der Waals surface area contributed by atoms with Crippen LogP contribution in [0, 0.1) is 28.4 Å². The predicted molar refractivity (Wildman–Crippen MR) is 63.6 cm³/mol. The third-order valence-corrected chi connectivity index (χ3v) is 3.03. The molecule has 3 nitrogen and oxygen atoms in total. The van der Waals surface area contributed by atoms with Crippen LogP contribution in [-0.4, -0.2) is 5.91 Å². The summed E-state index contributed by atoms with van der Waals surface area (Å²) < 4.78 is 26.3. The molecule has 0 spiro atoms. The van der Waals surface area contributed by atoms with E-state index in [0.717, 1.165) is 18.2 Å². The van der Waals surface area contributed by atoms with Gasteiger partial charge in [-0.1, -0.05) is 13.8 Å². The minimum absolute atomic E-state index is 0.249. The molecule has 1 aromatic rings. The average Bonchev–Trinajstić information content (AvgIpc) is 2.37. The molecule has 1 amide bonds. The minimum atomic E-state index is -1.21. The van der Waals surface area contributed by atoms with Crippen LogP contribution in [0.25, 0.3) is 0 Å². The van der Waals surface area contributed by atoms with Crippen molar-refractivity contribution >= 4 is 11.6 Å². The van der Waals surface area contributed by atoms with Crippen molar-refractivity contribution in [3.63, 3.8) is 0 Å². The molecule has 0 atom stereocenters. The second kappa shape index (κ2) is 5.58. The molecule has 1 aromatic carbocycles. The Morgan fingerprint density at radius 3 is 2.50 bits per heavy atom. The van der Waals surface area contributed by atoms with E-state index in [1.807, 2.05) is 6.07 Å². The van der Waals surface area contributed by atoms with Crippen molar-refractivity contribution in [3.8, 4) is 6.07 Å². The van der Waals surface area contributed by atoms with Gasteiger partial charge in [-0.15, -0.1) is 0 Å². The number of carbonyl (C=O) groups is 1. The highest BCUT2D eigenvalue weighted by Crippen LogP contribution is 2.28. The number of nitriles is 1. The second-order valence-corrected chi connectivity index (χ2v) is 3.98. The Morgan fingerprint density at radius 2 is 2.00 bits per heavy atom. The van der Waals surface area contributed by atoms with E-state index in [1.54, 1.807) is 13.8 Å². The molecule has 0 heterocycles. The van der Waals surface area contributed by atoms with E-state index in [4.69, 9.17) is 5.26 Å². The lowest BCUT2D eigenvalue weighted by atomic mass is 9.83. The lowest BCUT2D eigenvalue weighted by Crippen LogP contribution is -2.34. The summed E-state index contributed by atoms with van der Waals surface area (Å²) >= 11 is 0. The lowest BCUT2D eigenvalue weighted by Gasteiger charge is -2.22. The third kappa shape index (κ3) is 2.65. The highest BCUT2D eigenvalue weighted by atomic mass is 19.1. The molecule has 0 unspecified atom stereocenters. The van der Waals surface area contributed by atoms with E-state index >= 15 is 0 Å². The Bertz CT molecular complexity index is 490. The molecule has 0 bridgehead atoms. The van der Waals surface area contributed by atoms with Crippen molar-refractivity contribution in [2.75, 3.05) is 5.32 Å². The molecule has 0 aliphatic carbocycles. The number of hydrogen-bond donors (Lipinski definition) is 1. The van der Waals surface area contributed by atoms with Gasteiger partial charge in [0, 0.05) is 6.07 Å². The van der Waals surface area contributed by atoms with E-state index in [9.17, 15) is 13.6 Å². The van der Waals surface area contributed by atoms with Gasteiger partial charge < -0.3 is 5.32 Å². The zero-order valence-corrected chi connectivity index (χ0v) is 10.3. The van der Waals surface area contributed by atoms with E-state index in [-0.39, 0.29) is 5.69 Å². The van der Waals surface area contributed by atoms with Gasteiger partial charge >= 0.3 is 0 Å². The van der Waals surface area contributed by atoms with Crippen LogP contribution >= 0.6 is 0 Å². The first-order chi connectivity index (χ1) is 8.49. The van der Waals surface area contributed by atoms with Crippen LogP contribution in [0.3, 0.4) is 0 Å². The quantitative estimate of drug-likeness (QED) is 0.894. The van der Waals surface area contributed by atoms with Crippen molar-refractivity contribution in [1.29, 1.82) is 5.26 Å². The maximum absolute atomic E-state index is 13.4. The first kappa shape index (κ1) is 14.1. The topological polar surface area (TPSA) is 52.9 Å². The average molecular weight is 252 g/mol. The zero-order chi connectivity index (χ0) is 13.8. The summed E-state index contributed by atoms with van der Waals surface area (Å²) in [6, 6.07) is 4.72. The maximum Gasteiger partial charge on any atom is 0.244 e. The van der Waals surface area contributed by atoms with E-state index in [2.05, 4.69) is 5.32 Å². The number of rotatable bonds is 4. The van der Waals surface area contributed by atoms with Crippen LogP contribution < -0.4 is 5.32 Å². The molecule has 1 N–H and O–H groups in total. The molecule has 0 radical (unpaired) electrons. The molecular formula is C13H14F2N2O. The molecule has 18 heavy (non-hydrogen) atoms. The Labute approximate surface area is 104 Å². The maximum atomic E-state index is 13.4. The summed E-state index contributed by atoms with van der Waals surface area (Å²) in [5, 5.41) is 11.3. The van der Waals surface area contributed by atoms with E-state index < -0.39 is 23.0 Å². The Morgan fingerprint density at radius 1 is 1.39 bits per heavy atom. The van der Waals surface area contributed by atoms with Gasteiger partial charge in [-0.05, 0) is 25.0 Å². The number of anilines is 1. The van der Waals surface area contributed by atoms with Crippen LogP contribution in [0.5, 0.6) is 0 Å². The van der Waals surface area contributed by atoms with Crippen molar-refractivity contribution in [1.82, 2.24) is 0 Å². The molecule has 0 aliphatic heterocycles. The Balaban J connectivity index is 3.01. The summed E-state index contributed by atoms with van der Waals surface area (Å²) in [6.07, 6.45) is 0.617. The number of nitrogens with zero attached hydrogens (tertiary/aromatic N) is 1. The Kier molecular flexibility index (Phi) is 4.38. The van der Waals surface area contributed by atoms with E-state index in [1.165, 1.54) is 0 Å². The fourth-order valence-corrected chi connectivity index (χ4v) is 1.62. The van der Waals surface area contributed by atoms with Crippen LogP contribution in [0.1, 0.15) is 26.7 Å². The van der Waals surface area contributed by atoms with Crippen LogP contribution in [0.2, 0.25) is 0 Å². The van der Waals surface area contributed by atoms with Crippen LogP contribution in [0.15, 0.2) is 18.2 Å². The van der Waals surface area contributed by atoms with Crippen molar-refractivity contribution in [2.24, 2.45) is 5.41 Å². The number of halogens is 2. The van der Waals surface area contributed by atoms with Gasteiger partial charge in [0.1, 0.15) is 17.0 Å². The van der Waals surface area contributed by atoms with Crippen LogP contribution in [0.4, 0.5) is 14.5 Å². The molecule has 96 valence electrons. The number of benzene rings is 1. The van der Waals surface area contributed by atoms with Crippen molar-refractivity contribution < 1.29 is 13.6 Å². The van der Waals surface area contributed by atoms with Gasteiger partial charge in [0.05, 0.1) is 11.8 Å². The number of hydrogen-bond acceptors (Lipinski definition) is 2. The van der Waals surface area contributed by atoms with Gasteiger partial charge in [0.25, 0.3) is 0 Å². The van der Waals surface area contributed by atoms with Gasteiger partial charge in [0.15, 0.2) is 0 Å². The number of nitrogens with one attached hydrogen (secondary N) is 1. The van der Waals surface area contributed by atoms with Gasteiger partial charge in [-0.2, -0.15) is 5.26 Å². The highest BCUT2D eigenvalue weighted by molar-refractivity contribution is 5.97. The first-order valence-electron chi connectivity index (χ1n) is 5.67. The molecule has 0 saturated carbocycles. The van der Waals surface area contributed by atoms with Gasteiger partial charge in [0.2, 0.25) is 5.91 Å². The highest BCUT2D eigenvalue weighted by Gasteiger charge is 2.35. The molecule has 0 fully saturated rings. The lowest BCUT2D eigenvalue weighted by molar-refractivity contribution is -0.123. The van der Waals surface area contributed by atoms with Gasteiger partial charge in [-0.3, -0.25) is 4.79 Å². The third-order valence-electron chi connectivity index (χ3n) is 3.03. The molecule has 0 aromatic heterocycles. The molecule has 0 saturated heterocycles. The standard InChI is InChI=1S/C13H14F2N2O/c1-3-13(4-2,8-16)12(18)17-11-7-9(14)5-6-10(11)15/h5-7H,3-4H2,1-2H3,(H,17,18). The monoisotopic (exact) mass is 252 g/mol. The zero-order valence-electron chi connectivity index (χ0n) is 10.3. The predicted octanol–water partition coefficient (Wildman–Crippen LogP) is 3.23. The molecule has 0 aliphatic rings. The minimum Gasteiger partial charge on any atom is -0.322 e.